The zero-order chi connectivity index (χ0) is 14.7. The molecule has 2 aliphatic heterocycles. The van der Waals surface area contributed by atoms with E-state index in [2.05, 4.69) is 51.3 Å². The Kier molecular flexibility index (Phi) is 5.19. The molecule has 1 N–H and O–H groups in total. The Hall–Kier alpha value is -0.580. The van der Waals surface area contributed by atoms with Crippen LogP contribution in [0.1, 0.15) is 37.8 Å². The van der Waals surface area contributed by atoms with Crippen LogP contribution in [-0.4, -0.2) is 37.7 Å². The molecule has 2 unspecified atom stereocenters. The molecule has 0 spiro atoms. The summed E-state index contributed by atoms with van der Waals surface area (Å²) in [6, 6.07) is 6.74. The molecule has 21 heavy (non-hydrogen) atoms. The third kappa shape index (κ3) is 3.99. The summed E-state index contributed by atoms with van der Waals surface area (Å²) in [6.07, 6.45) is 3.81. The maximum absolute atomic E-state index is 5.75. The molecule has 1 fully saturated rings. The lowest BCUT2D eigenvalue weighted by molar-refractivity contribution is 0.238. The van der Waals surface area contributed by atoms with Gasteiger partial charge in [-0.2, -0.15) is 0 Å². The number of ether oxygens (including phenoxy) is 1. The van der Waals surface area contributed by atoms with Gasteiger partial charge < -0.3 is 15.0 Å². The second-order valence-electron chi connectivity index (χ2n) is 6.39. The maximum Gasteiger partial charge on any atom is 0.124 e. The van der Waals surface area contributed by atoms with Gasteiger partial charge in [-0.05, 0) is 56.6 Å². The third-order valence-electron chi connectivity index (χ3n) is 4.49. The van der Waals surface area contributed by atoms with Crippen molar-refractivity contribution < 1.29 is 4.74 Å². The van der Waals surface area contributed by atoms with Crippen molar-refractivity contribution in [1.29, 1.82) is 0 Å². The van der Waals surface area contributed by atoms with Gasteiger partial charge in [0.05, 0.1) is 6.61 Å². The number of nitrogens with zero attached hydrogens (tertiary/aromatic N) is 1. The van der Waals surface area contributed by atoms with Gasteiger partial charge in [0.15, 0.2) is 0 Å². The fourth-order valence-corrected chi connectivity index (χ4v) is 3.77. The molecular formula is C17H25BrN2O. The topological polar surface area (TPSA) is 24.5 Å². The van der Waals surface area contributed by atoms with Crippen molar-refractivity contribution in [3.63, 3.8) is 0 Å². The van der Waals surface area contributed by atoms with Crippen LogP contribution in [0, 0.1) is 5.92 Å². The lowest BCUT2D eigenvalue weighted by atomic mass is 10.00. The summed E-state index contributed by atoms with van der Waals surface area (Å²) in [5, 5.41) is 3.75. The number of nitrogens with one attached hydrogen (secondary N) is 1. The SMILES string of the molecule is CC(CNC1CCOc2ccc(Br)cc21)CN1CCCC1. The van der Waals surface area contributed by atoms with E-state index in [-0.39, 0.29) is 0 Å². The molecule has 0 aliphatic carbocycles. The van der Waals surface area contributed by atoms with Gasteiger partial charge in [-0.25, -0.2) is 0 Å². The minimum Gasteiger partial charge on any atom is -0.493 e. The van der Waals surface area contributed by atoms with Gasteiger partial charge in [-0.3, -0.25) is 0 Å². The molecule has 0 radical (unpaired) electrons. The van der Waals surface area contributed by atoms with Gasteiger partial charge in [0.2, 0.25) is 0 Å². The number of hydrogen-bond acceptors (Lipinski definition) is 3. The molecule has 0 saturated carbocycles. The number of benzene rings is 1. The standard InChI is InChI=1S/C17H25BrN2O/c1-13(12-20-7-2-3-8-20)11-19-16-6-9-21-17-5-4-14(18)10-15(16)17/h4-5,10,13,16,19H,2-3,6-9,11-12H2,1H3. The second kappa shape index (κ2) is 7.12. The van der Waals surface area contributed by atoms with Crippen LogP contribution in [0.15, 0.2) is 22.7 Å². The molecule has 3 rings (SSSR count). The fourth-order valence-electron chi connectivity index (χ4n) is 3.39. The van der Waals surface area contributed by atoms with E-state index >= 15 is 0 Å². The van der Waals surface area contributed by atoms with E-state index in [1.54, 1.807) is 0 Å². The molecule has 3 nitrogen and oxygen atoms in total. The first-order valence-corrected chi connectivity index (χ1v) is 8.89. The zero-order valence-corrected chi connectivity index (χ0v) is 14.4. The summed E-state index contributed by atoms with van der Waals surface area (Å²) in [5.41, 5.74) is 1.30. The van der Waals surface area contributed by atoms with Gasteiger partial charge in [-0.1, -0.05) is 22.9 Å². The molecule has 0 amide bonds. The minimum atomic E-state index is 0.423. The molecule has 2 atom stereocenters. The number of halogens is 1. The lowest BCUT2D eigenvalue weighted by Crippen LogP contribution is -2.35. The van der Waals surface area contributed by atoms with Gasteiger partial charge in [-0.15, -0.1) is 0 Å². The predicted octanol–water partition coefficient (Wildman–Crippen LogP) is 3.59. The Morgan fingerprint density at radius 2 is 2.19 bits per heavy atom. The number of rotatable bonds is 5. The van der Waals surface area contributed by atoms with Crippen LogP contribution in [0.5, 0.6) is 5.75 Å². The minimum absolute atomic E-state index is 0.423. The maximum atomic E-state index is 5.75. The van der Waals surface area contributed by atoms with Crippen molar-refractivity contribution in [3.8, 4) is 5.75 Å². The van der Waals surface area contributed by atoms with E-state index in [9.17, 15) is 0 Å². The van der Waals surface area contributed by atoms with Gasteiger partial charge in [0.1, 0.15) is 5.75 Å². The monoisotopic (exact) mass is 352 g/mol. The zero-order valence-electron chi connectivity index (χ0n) is 12.8. The van der Waals surface area contributed by atoms with Crippen molar-refractivity contribution in [2.45, 2.75) is 32.2 Å². The van der Waals surface area contributed by atoms with Gasteiger partial charge in [0.25, 0.3) is 0 Å². The molecular weight excluding hydrogens is 328 g/mol. The highest BCUT2D eigenvalue weighted by molar-refractivity contribution is 9.10. The van der Waals surface area contributed by atoms with Crippen molar-refractivity contribution in [3.05, 3.63) is 28.2 Å². The first-order valence-electron chi connectivity index (χ1n) is 8.10. The predicted molar refractivity (Wildman–Crippen MR) is 89.8 cm³/mol. The van der Waals surface area contributed by atoms with Crippen LogP contribution in [0.3, 0.4) is 0 Å². The fraction of sp³-hybridized carbons (Fsp3) is 0.647. The van der Waals surface area contributed by atoms with Crippen LogP contribution < -0.4 is 10.1 Å². The summed E-state index contributed by atoms with van der Waals surface area (Å²) in [7, 11) is 0. The van der Waals surface area contributed by atoms with E-state index in [0.717, 1.165) is 29.8 Å². The largest absolute Gasteiger partial charge is 0.493 e. The van der Waals surface area contributed by atoms with Gasteiger partial charge in [0, 0.05) is 29.0 Å². The summed E-state index contributed by atoms with van der Waals surface area (Å²) < 4.78 is 6.88. The summed E-state index contributed by atoms with van der Waals surface area (Å²) in [5.74, 6) is 1.73. The Balaban J connectivity index is 1.55. The average molecular weight is 353 g/mol. The van der Waals surface area contributed by atoms with Gasteiger partial charge >= 0.3 is 0 Å². The Bertz CT molecular complexity index is 474. The van der Waals surface area contributed by atoms with Crippen LogP contribution >= 0.6 is 15.9 Å². The number of fused-ring (bicyclic) bond motifs is 1. The molecule has 1 aromatic carbocycles. The Labute approximate surface area is 136 Å². The lowest BCUT2D eigenvalue weighted by Gasteiger charge is -2.29. The van der Waals surface area contributed by atoms with Crippen LogP contribution in [0.2, 0.25) is 0 Å². The van der Waals surface area contributed by atoms with Crippen LogP contribution in [0.4, 0.5) is 0 Å². The molecule has 0 bridgehead atoms. The van der Waals surface area contributed by atoms with E-state index < -0.39 is 0 Å². The van der Waals surface area contributed by atoms with Crippen molar-refractivity contribution in [2.75, 3.05) is 32.8 Å². The quantitative estimate of drug-likeness (QED) is 0.876. The molecule has 1 saturated heterocycles. The highest BCUT2D eigenvalue weighted by Gasteiger charge is 2.22. The molecule has 116 valence electrons. The molecule has 1 aromatic rings. The van der Waals surface area contributed by atoms with Crippen molar-refractivity contribution in [1.82, 2.24) is 10.2 Å². The molecule has 2 heterocycles. The normalized spacial score (nSPS) is 23.6. The van der Waals surface area contributed by atoms with E-state index in [4.69, 9.17) is 4.74 Å². The number of hydrogen-bond donors (Lipinski definition) is 1. The Morgan fingerprint density at radius 1 is 1.38 bits per heavy atom. The van der Waals surface area contributed by atoms with Crippen molar-refractivity contribution >= 4 is 15.9 Å². The molecule has 0 aromatic heterocycles. The number of likely N-dealkylation sites (tertiary alicyclic amines) is 1. The van der Waals surface area contributed by atoms with Crippen molar-refractivity contribution in [2.24, 2.45) is 5.92 Å². The first kappa shape index (κ1) is 15.3. The third-order valence-corrected chi connectivity index (χ3v) is 4.99. The summed E-state index contributed by atoms with van der Waals surface area (Å²) in [6.45, 7) is 8.04. The van der Waals surface area contributed by atoms with E-state index in [1.165, 1.54) is 38.0 Å². The second-order valence-corrected chi connectivity index (χ2v) is 7.31. The first-order chi connectivity index (χ1) is 10.2. The van der Waals surface area contributed by atoms with E-state index in [1.807, 2.05) is 0 Å². The average Bonchev–Trinajstić information content (AvgIpc) is 2.98. The Morgan fingerprint density at radius 3 is 3.00 bits per heavy atom. The smallest absolute Gasteiger partial charge is 0.124 e. The molecule has 4 heteroatoms. The van der Waals surface area contributed by atoms with E-state index in [0.29, 0.717) is 12.0 Å². The van der Waals surface area contributed by atoms with Crippen LogP contribution in [0.25, 0.3) is 0 Å². The van der Waals surface area contributed by atoms with Crippen LogP contribution in [-0.2, 0) is 0 Å². The summed E-state index contributed by atoms with van der Waals surface area (Å²) in [4.78, 5) is 2.60. The highest BCUT2D eigenvalue weighted by atomic mass is 79.9. The highest BCUT2D eigenvalue weighted by Crippen LogP contribution is 2.34. The molecule has 2 aliphatic rings. The summed E-state index contributed by atoms with van der Waals surface area (Å²) >= 11 is 3.57.